The van der Waals surface area contributed by atoms with Crippen LogP contribution in [0.4, 0.5) is 4.39 Å². The molecular formula is C25H27FN4O2. The minimum absolute atomic E-state index is 0.0990. The molecule has 166 valence electrons. The lowest BCUT2D eigenvalue weighted by molar-refractivity contribution is -0.138. The van der Waals surface area contributed by atoms with Crippen molar-refractivity contribution < 1.29 is 14.0 Å². The highest BCUT2D eigenvalue weighted by molar-refractivity contribution is 5.97. The maximum Gasteiger partial charge on any atom is 0.275 e. The van der Waals surface area contributed by atoms with E-state index in [0.29, 0.717) is 25.2 Å². The summed E-state index contributed by atoms with van der Waals surface area (Å²) in [5, 5.41) is 7.12. The van der Waals surface area contributed by atoms with E-state index in [0.717, 1.165) is 22.4 Å². The van der Waals surface area contributed by atoms with Crippen LogP contribution in [0, 0.1) is 5.82 Å². The smallest absolute Gasteiger partial charge is 0.275 e. The minimum Gasteiger partial charge on any atom is -0.342 e. The summed E-state index contributed by atoms with van der Waals surface area (Å²) in [6, 6.07) is 15.2. The second kappa shape index (κ2) is 8.94. The third-order valence-corrected chi connectivity index (χ3v) is 6.00. The fraction of sp³-hybridized carbons (Fsp3) is 0.320. The fourth-order valence-corrected chi connectivity index (χ4v) is 4.06. The van der Waals surface area contributed by atoms with Gasteiger partial charge in [0.2, 0.25) is 5.91 Å². The number of hydrogen-bond donors (Lipinski definition) is 1. The molecule has 0 unspecified atom stereocenters. The average molecular weight is 435 g/mol. The quantitative estimate of drug-likeness (QED) is 0.663. The first-order chi connectivity index (χ1) is 15.3. The number of benzene rings is 2. The first-order valence-corrected chi connectivity index (χ1v) is 10.8. The number of H-pyrrole nitrogens is 1. The molecule has 0 radical (unpaired) electrons. The first-order valence-electron chi connectivity index (χ1n) is 10.8. The number of carbonyl (C=O) groups is 2. The summed E-state index contributed by atoms with van der Waals surface area (Å²) in [6.07, 6.45) is 0.365. The van der Waals surface area contributed by atoms with Crippen molar-refractivity contribution in [2.24, 2.45) is 0 Å². The highest BCUT2D eigenvalue weighted by Crippen LogP contribution is 2.27. The average Bonchev–Trinajstić information content (AvgIpc) is 3.28. The topological polar surface area (TPSA) is 69.3 Å². The lowest BCUT2D eigenvalue weighted by atomic mass is 9.93. The van der Waals surface area contributed by atoms with Crippen LogP contribution in [-0.4, -0.2) is 58.0 Å². The Labute approximate surface area is 187 Å². The van der Waals surface area contributed by atoms with Gasteiger partial charge in [-0.2, -0.15) is 5.10 Å². The van der Waals surface area contributed by atoms with Gasteiger partial charge in [-0.15, -0.1) is 0 Å². The zero-order valence-electron chi connectivity index (χ0n) is 18.5. The van der Waals surface area contributed by atoms with Gasteiger partial charge in [0.1, 0.15) is 17.6 Å². The van der Waals surface area contributed by atoms with Gasteiger partial charge in [-0.05, 0) is 40.8 Å². The number of piperazine rings is 1. The maximum absolute atomic E-state index is 13.4. The van der Waals surface area contributed by atoms with Gasteiger partial charge in [0.05, 0.1) is 0 Å². The van der Waals surface area contributed by atoms with Gasteiger partial charge >= 0.3 is 0 Å². The highest BCUT2D eigenvalue weighted by Gasteiger charge is 2.37. The minimum atomic E-state index is -0.637. The molecule has 0 bridgehead atoms. The number of nitrogens with one attached hydrogen (secondary N) is 1. The van der Waals surface area contributed by atoms with Crippen molar-refractivity contribution in [3.8, 4) is 11.1 Å². The maximum atomic E-state index is 13.4. The number of rotatable bonds is 5. The number of carbonyl (C=O) groups excluding carboxylic acids is 2. The Morgan fingerprint density at radius 2 is 1.88 bits per heavy atom. The standard InChI is InChI=1S/C25H27FN4O2/c1-16(2)21-15-22(28-27-21)24(31)30-13-12-29(3)25(32)23(30)14-18-6-4-5-7-20(18)17-8-10-19(26)11-9-17/h4-11,15-16,23H,12-14H2,1-3H3,(H,27,28)/t23-/m0/s1. The van der Waals surface area contributed by atoms with Crippen LogP contribution in [-0.2, 0) is 11.2 Å². The largest absolute Gasteiger partial charge is 0.342 e. The second-order valence-corrected chi connectivity index (χ2v) is 8.51. The van der Waals surface area contributed by atoms with E-state index in [-0.39, 0.29) is 23.5 Å². The summed E-state index contributed by atoms with van der Waals surface area (Å²) in [4.78, 5) is 29.7. The van der Waals surface area contributed by atoms with Crippen LogP contribution < -0.4 is 0 Å². The van der Waals surface area contributed by atoms with Gasteiger partial charge in [0, 0.05) is 32.3 Å². The number of halogens is 1. The second-order valence-electron chi connectivity index (χ2n) is 8.51. The van der Waals surface area contributed by atoms with Crippen molar-refractivity contribution in [1.29, 1.82) is 0 Å². The molecule has 0 spiro atoms. The molecule has 6 nitrogen and oxygen atoms in total. The molecular weight excluding hydrogens is 407 g/mol. The zero-order chi connectivity index (χ0) is 22.8. The van der Waals surface area contributed by atoms with Crippen molar-refractivity contribution in [3.05, 3.63) is 77.4 Å². The fourth-order valence-electron chi connectivity index (χ4n) is 4.06. The van der Waals surface area contributed by atoms with E-state index in [9.17, 15) is 14.0 Å². The number of aromatic amines is 1. The summed E-state index contributed by atoms with van der Waals surface area (Å²) in [5.41, 5.74) is 3.92. The Kier molecular flexibility index (Phi) is 6.08. The molecule has 2 amide bonds. The molecule has 3 aromatic rings. The van der Waals surface area contributed by atoms with Gasteiger partial charge in [-0.3, -0.25) is 14.7 Å². The normalized spacial score (nSPS) is 16.7. The summed E-state index contributed by atoms with van der Waals surface area (Å²) in [6.45, 7) is 4.96. The summed E-state index contributed by atoms with van der Waals surface area (Å²) in [5.74, 6) is -0.430. The zero-order valence-corrected chi connectivity index (χ0v) is 18.5. The number of hydrogen-bond acceptors (Lipinski definition) is 3. The number of amides is 2. The SMILES string of the molecule is CC(C)c1cc(C(=O)N2CCN(C)C(=O)[C@@H]2Cc2ccccc2-c2ccc(F)cc2)n[nH]1. The summed E-state index contributed by atoms with van der Waals surface area (Å²) < 4.78 is 13.4. The van der Waals surface area contributed by atoms with E-state index in [1.165, 1.54) is 12.1 Å². The van der Waals surface area contributed by atoms with Crippen LogP contribution in [0.5, 0.6) is 0 Å². The summed E-state index contributed by atoms with van der Waals surface area (Å²) >= 11 is 0. The molecule has 1 atom stereocenters. The van der Waals surface area contributed by atoms with E-state index < -0.39 is 6.04 Å². The molecule has 1 aromatic heterocycles. The van der Waals surface area contributed by atoms with Crippen LogP contribution in [0.2, 0.25) is 0 Å². The van der Waals surface area contributed by atoms with Gasteiger partial charge in [-0.25, -0.2) is 4.39 Å². The van der Waals surface area contributed by atoms with Crippen LogP contribution >= 0.6 is 0 Å². The molecule has 0 saturated carbocycles. The molecule has 0 aliphatic carbocycles. The van der Waals surface area contributed by atoms with Gasteiger partial charge in [0.15, 0.2) is 0 Å². The van der Waals surface area contributed by atoms with Gasteiger partial charge < -0.3 is 9.80 Å². The molecule has 7 heteroatoms. The van der Waals surface area contributed by atoms with E-state index in [2.05, 4.69) is 10.2 Å². The highest BCUT2D eigenvalue weighted by atomic mass is 19.1. The lowest BCUT2D eigenvalue weighted by Crippen LogP contribution is -2.58. The molecule has 32 heavy (non-hydrogen) atoms. The molecule has 1 fully saturated rings. The van der Waals surface area contributed by atoms with E-state index in [1.54, 1.807) is 35.0 Å². The number of nitrogens with zero attached hydrogens (tertiary/aromatic N) is 3. The van der Waals surface area contributed by atoms with Crippen LogP contribution in [0.25, 0.3) is 11.1 Å². The third kappa shape index (κ3) is 4.28. The molecule has 2 heterocycles. The Morgan fingerprint density at radius 3 is 2.56 bits per heavy atom. The Bertz CT molecular complexity index is 1120. The monoisotopic (exact) mass is 434 g/mol. The van der Waals surface area contributed by atoms with Crippen LogP contribution in [0.1, 0.15) is 41.5 Å². The predicted octanol–water partition coefficient (Wildman–Crippen LogP) is 3.86. The van der Waals surface area contributed by atoms with Gasteiger partial charge in [-0.1, -0.05) is 50.2 Å². The van der Waals surface area contributed by atoms with Crippen molar-refractivity contribution in [2.45, 2.75) is 32.2 Å². The Morgan fingerprint density at radius 1 is 1.16 bits per heavy atom. The number of aromatic nitrogens is 2. The predicted molar refractivity (Wildman–Crippen MR) is 121 cm³/mol. The van der Waals surface area contributed by atoms with Crippen LogP contribution in [0.15, 0.2) is 54.6 Å². The molecule has 1 N–H and O–H groups in total. The van der Waals surface area contributed by atoms with E-state index >= 15 is 0 Å². The van der Waals surface area contributed by atoms with Crippen LogP contribution in [0.3, 0.4) is 0 Å². The molecule has 1 aliphatic heterocycles. The molecule has 1 saturated heterocycles. The Hall–Kier alpha value is -3.48. The summed E-state index contributed by atoms with van der Waals surface area (Å²) in [7, 11) is 1.76. The first kappa shape index (κ1) is 21.7. The van der Waals surface area contributed by atoms with Crippen molar-refractivity contribution in [3.63, 3.8) is 0 Å². The number of likely N-dealkylation sites (N-methyl/N-ethyl adjacent to an activating group) is 1. The Balaban J connectivity index is 1.66. The molecule has 2 aromatic carbocycles. The van der Waals surface area contributed by atoms with E-state index in [4.69, 9.17) is 0 Å². The van der Waals surface area contributed by atoms with E-state index in [1.807, 2.05) is 38.1 Å². The molecule has 1 aliphatic rings. The van der Waals surface area contributed by atoms with Gasteiger partial charge in [0.25, 0.3) is 5.91 Å². The van der Waals surface area contributed by atoms with Crippen molar-refractivity contribution in [1.82, 2.24) is 20.0 Å². The molecule has 4 rings (SSSR count). The van der Waals surface area contributed by atoms with Crippen molar-refractivity contribution >= 4 is 11.8 Å². The lowest BCUT2D eigenvalue weighted by Gasteiger charge is -2.39. The van der Waals surface area contributed by atoms with Crippen molar-refractivity contribution in [2.75, 3.05) is 20.1 Å². The third-order valence-electron chi connectivity index (χ3n) is 6.00.